The minimum Gasteiger partial charge on any atom is -0.436 e. The Balaban J connectivity index is 2.30. The Labute approximate surface area is 96.9 Å². The molecule has 0 saturated carbocycles. The van der Waals surface area contributed by atoms with E-state index in [1.54, 1.807) is 25.1 Å². The Morgan fingerprint density at radius 3 is 2.69 bits per heavy atom. The molecule has 3 nitrogen and oxygen atoms in total. The van der Waals surface area contributed by atoms with Gasteiger partial charge in [0.15, 0.2) is 11.6 Å². The second-order valence-corrected chi connectivity index (χ2v) is 3.49. The first-order valence-corrected chi connectivity index (χ1v) is 4.96. The summed E-state index contributed by atoms with van der Waals surface area (Å²) in [7, 11) is 0. The number of rotatable bonds is 2. The van der Waals surface area contributed by atoms with E-state index in [4.69, 9.17) is 16.3 Å². The molecule has 0 aliphatic heterocycles. The Morgan fingerprint density at radius 1 is 1.25 bits per heavy atom. The minimum atomic E-state index is -0.449. The number of para-hydroxylation sites is 1. The molecule has 2 aromatic rings. The van der Waals surface area contributed by atoms with Gasteiger partial charge < -0.3 is 4.74 Å². The number of ether oxygens (including phenoxy) is 1. The summed E-state index contributed by atoms with van der Waals surface area (Å²) >= 11 is 5.66. The first-order valence-electron chi connectivity index (χ1n) is 4.59. The van der Waals surface area contributed by atoms with Crippen molar-refractivity contribution in [3.63, 3.8) is 0 Å². The molecule has 0 unspecified atom stereocenters. The number of aromatic nitrogens is 2. The molecule has 5 heteroatoms. The molecule has 2 rings (SSSR count). The third-order valence-electron chi connectivity index (χ3n) is 1.85. The Morgan fingerprint density at radius 2 is 2.00 bits per heavy atom. The highest BCUT2D eigenvalue weighted by Gasteiger charge is 2.06. The Bertz CT molecular complexity index is 499. The van der Waals surface area contributed by atoms with Crippen LogP contribution < -0.4 is 4.74 Å². The van der Waals surface area contributed by atoms with Crippen molar-refractivity contribution in [2.24, 2.45) is 0 Å². The van der Waals surface area contributed by atoms with Crippen LogP contribution in [0.1, 0.15) is 5.69 Å². The normalized spacial score (nSPS) is 10.2. The number of nitrogens with zero attached hydrogens (tertiary/aromatic N) is 2. The lowest BCUT2D eigenvalue weighted by molar-refractivity contribution is 0.426. The molecule has 0 radical (unpaired) electrons. The molecule has 1 aromatic carbocycles. The number of aryl methyl sites for hydroxylation is 1. The van der Waals surface area contributed by atoms with E-state index < -0.39 is 5.82 Å². The highest BCUT2D eigenvalue weighted by atomic mass is 35.5. The van der Waals surface area contributed by atoms with Crippen molar-refractivity contribution in [1.29, 1.82) is 0 Å². The van der Waals surface area contributed by atoms with Gasteiger partial charge in [0.2, 0.25) is 11.2 Å². The predicted molar refractivity (Wildman–Crippen MR) is 58.3 cm³/mol. The van der Waals surface area contributed by atoms with Crippen LogP contribution >= 0.6 is 11.6 Å². The molecule has 0 aliphatic carbocycles. The van der Waals surface area contributed by atoms with E-state index in [0.29, 0.717) is 5.69 Å². The fourth-order valence-electron chi connectivity index (χ4n) is 1.20. The molecule has 0 N–H and O–H groups in total. The molecule has 16 heavy (non-hydrogen) atoms. The first-order chi connectivity index (χ1) is 7.65. The quantitative estimate of drug-likeness (QED) is 0.753. The van der Waals surface area contributed by atoms with Gasteiger partial charge in [0.1, 0.15) is 0 Å². The zero-order valence-electron chi connectivity index (χ0n) is 8.45. The number of benzene rings is 1. The average molecular weight is 239 g/mol. The van der Waals surface area contributed by atoms with E-state index in [-0.39, 0.29) is 16.9 Å². The molecule has 0 atom stereocenters. The van der Waals surface area contributed by atoms with Crippen molar-refractivity contribution in [1.82, 2.24) is 9.97 Å². The van der Waals surface area contributed by atoms with Crippen LogP contribution in [0.5, 0.6) is 11.6 Å². The first kappa shape index (κ1) is 10.8. The van der Waals surface area contributed by atoms with Gasteiger partial charge in [0, 0.05) is 11.8 Å². The molecule has 82 valence electrons. The van der Waals surface area contributed by atoms with Crippen LogP contribution in [0.4, 0.5) is 4.39 Å². The predicted octanol–water partition coefficient (Wildman–Crippen LogP) is 3.37. The van der Waals surface area contributed by atoms with E-state index in [2.05, 4.69) is 9.97 Å². The van der Waals surface area contributed by atoms with Crippen molar-refractivity contribution in [2.75, 3.05) is 0 Å². The molecule has 1 aromatic heterocycles. The fraction of sp³-hybridized carbons (Fsp3) is 0.0909. The van der Waals surface area contributed by atoms with Crippen molar-refractivity contribution < 1.29 is 9.13 Å². The van der Waals surface area contributed by atoms with Gasteiger partial charge in [-0.2, -0.15) is 4.98 Å². The highest BCUT2D eigenvalue weighted by Crippen LogP contribution is 2.23. The average Bonchev–Trinajstić information content (AvgIpc) is 2.20. The van der Waals surface area contributed by atoms with Crippen LogP contribution in [-0.4, -0.2) is 9.97 Å². The smallest absolute Gasteiger partial charge is 0.225 e. The zero-order valence-corrected chi connectivity index (χ0v) is 9.20. The maximum atomic E-state index is 13.3. The standard InChI is InChI=1S/C11H8ClFN2O/c1-7-6-10(15-11(12)14-7)16-9-5-3-2-4-8(9)13/h2-6H,1H3. The highest BCUT2D eigenvalue weighted by molar-refractivity contribution is 6.28. The van der Waals surface area contributed by atoms with Crippen LogP contribution in [0.2, 0.25) is 5.28 Å². The molecule has 1 heterocycles. The fourth-order valence-corrected chi connectivity index (χ4v) is 1.41. The summed E-state index contributed by atoms with van der Waals surface area (Å²) in [5, 5.41) is 0.0753. The van der Waals surface area contributed by atoms with E-state index in [1.807, 2.05) is 0 Å². The largest absolute Gasteiger partial charge is 0.436 e. The van der Waals surface area contributed by atoms with Crippen LogP contribution in [0.15, 0.2) is 30.3 Å². The van der Waals surface area contributed by atoms with E-state index >= 15 is 0 Å². The van der Waals surface area contributed by atoms with Crippen LogP contribution in [-0.2, 0) is 0 Å². The van der Waals surface area contributed by atoms with Crippen molar-refractivity contribution >= 4 is 11.6 Å². The second-order valence-electron chi connectivity index (χ2n) is 3.15. The van der Waals surface area contributed by atoms with Gasteiger partial charge in [-0.15, -0.1) is 0 Å². The van der Waals surface area contributed by atoms with Crippen LogP contribution in [0, 0.1) is 12.7 Å². The summed E-state index contributed by atoms with van der Waals surface area (Å²) in [6, 6.07) is 7.67. The van der Waals surface area contributed by atoms with Gasteiger partial charge in [0.25, 0.3) is 0 Å². The third-order valence-corrected chi connectivity index (χ3v) is 2.02. The molecule has 0 amide bonds. The number of hydrogen-bond donors (Lipinski definition) is 0. The zero-order chi connectivity index (χ0) is 11.5. The van der Waals surface area contributed by atoms with Crippen molar-refractivity contribution in [3.05, 3.63) is 47.1 Å². The second kappa shape index (κ2) is 4.45. The summed E-state index contributed by atoms with van der Waals surface area (Å²) < 4.78 is 18.5. The number of hydrogen-bond acceptors (Lipinski definition) is 3. The maximum absolute atomic E-state index is 13.3. The van der Waals surface area contributed by atoms with Crippen LogP contribution in [0.3, 0.4) is 0 Å². The summed E-state index contributed by atoms with van der Waals surface area (Å²) in [6.45, 7) is 1.75. The van der Waals surface area contributed by atoms with Gasteiger partial charge in [0.05, 0.1) is 0 Å². The lowest BCUT2D eigenvalue weighted by atomic mass is 10.3. The number of halogens is 2. The lowest BCUT2D eigenvalue weighted by Crippen LogP contribution is -1.94. The van der Waals surface area contributed by atoms with E-state index in [1.165, 1.54) is 12.1 Å². The molecule has 0 fully saturated rings. The minimum absolute atomic E-state index is 0.0753. The molecule has 0 spiro atoms. The third kappa shape index (κ3) is 2.46. The maximum Gasteiger partial charge on any atom is 0.225 e. The van der Waals surface area contributed by atoms with Crippen LogP contribution in [0.25, 0.3) is 0 Å². The summed E-state index contributed by atoms with van der Waals surface area (Å²) in [5.74, 6) is -0.117. The Kier molecular flexibility index (Phi) is 3.01. The SMILES string of the molecule is Cc1cc(Oc2ccccc2F)nc(Cl)n1. The Hall–Kier alpha value is -1.68. The monoisotopic (exact) mass is 238 g/mol. The summed E-state index contributed by atoms with van der Waals surface area (Å²) in [4.78, 5) is 7.71. The van der Waals surface area contributed by atoms with Gasteiger partial charge >= 0.3 is 0 Å². The molecule has 0 aliphatic rings. The molecule has 0 saturated heterocycles. The lowest BCUT2D eigenvalue weighted by Gasteiger charge is -2.05. The molecular formula is C11H8ClFN2O. The summed E-state index contributed by atoms with van der Waals surface area (Å²) in [5.41, 5.74) is 0.659. The van der Waals surface area contributed by atoms with Gasteiger partial charge in [-0.25, -0.2) is 9.37 Å². The van der Waals surface area contributed by atoms with Gasteiger partial charge in [-0.05, 0) is 30.7 Å². The van der Waals surface area contributed by atoms with Gasteiger partial charge in [-0.3, -0.25) is 0 Å². The topological polar surface area (TPSA) is 35.0 Å². The molecular weight excluding hydrogens is 231 g/mol. The van der Waals surface area contributed by atoms with Crippen molar-refractivity contribution in [3.8, 4) is 11.6 Å². The van der Waals surface area contributed by atoms with E-state index in [9.17, 15) is 4.39 Å². The molecule has 0 bridgehead atoms. The van der Waals surface area contributed by atoms with Crippen molar-refractivity contribution in [2.45, 2.75) is 6.92 Å². The van der Waals surface area contributed by atoms with Gasteiger partial charge in [-0.1, -0.05) is 12.1 Å². The summed E-state index contributed by atoms with van der Waals surface area (Å²) in [6.07, 6.45) is 0. The van der Waals surface area contributed by atoms with E-state index in [0.717, 1.165) is 0 Å².